The zero-order valence-corrected chi connectivity index (χ0v) is 11.5. The highest BCUT2D eigenvalue weighted by atomic mass is 16.5. The van der Waals surface area contributed by atoms with Crippen molar-refractivity contribution in [1.29, 1.82) is 0 Å². The summed E-state index contributed by atoms with van der Waals surface area (Å²) in [5.41, 5.74) is 7.62. The third-order valence-electron chi connectivity index (χ3n) is 3.59. The largest absolute Gasteiger partial charge is 0.497 e. The third-order valence-corrected chi connectivity index (χ3v) is 3.59. The van der Waals surface area contributed by atoms with Gasteiger partial charge in [0.15, 0.2) is 0 Å². The van der Waals surface area contributed by atoms with Gasteiger partial charge in [-0.2, -0.15) is 4.98 Å². The molecule has 1 fully saturated rings. The maximum atomic E-state index is 5.80. The number of aromatic nitrogens is 2. The molecule has 0 unspecified atom stereocenters. The number of rotatable bonds is 4. The van der Waals surface area contributed by atoms with E-state index >= 15 is 0 Å². The van der Waals surface area contributed by atoms with Crippen molar-refractivity contribution in [1.82, 2.24) is 9.97 Å². The Kier molecular flexibility index (Phi) is 3.41. The van der Waals surface area contributed by atoms with Crippen LogP contribution in [0.1, 0.15) is 19.3 Å². The Morgan fingerprint density at radius 2 is 1.95 bits per heavy atom. The van der Waals surface area contributed by atoms with Crippen LogP contribution in [-0.2, 0) is 0 Å². The first-order valence-electron chi connectivity index (χ1n) is 6.80. The summed E-state index contributed by atoms with van der Waals surface area (Å²) in [6, 6.07) is 10.2. The van der Waals surface area contributed by atoms with Crippen molar-refractivity contribution >= 4 is 11.8 Å². The second-order valence-electron chi connectivity index (χ2n) is 5.00. The van der Waals surface area contributed by atoms with Crippen molar-refractivity contribution in [2.24, 2.45) is 0 Å². The lowest BCUT2D eigenvalue weighted by atomic mass is 9.93. The lowest BCUT2D eigenvalue weighted by Crippen LogP contribution is -2.27. The summed E-state index contributed by atoms with van der Waals surface area (Å²) in [5.74, 6) is 1.91. The van der Waals surface area contributed by atoms with Gasteiger partial charge in [0, 0.05) is 17.7 Å². The summed E-state index contributed by atoms with van der Waals surface area (Å²) < 4.78 is 5.16. The van der Waals surface area contributed by atoms with Crippen LogP contribution in [0.3, 0.4) is 0 Å². The van der Waals surface area contributed by atoms with Gasteiger partial charge in [-0.05, 0) is 43.5 Å². The second kappa shape index (κ2) is 5.36. The fourth-order valence-corrected chi connectivity index (χ4v) is 2.21. The number of ether oxygens (including phenoxy) is 1. The van der Waals surface area contributed by atoms with Crippen molar-refractivity contribution in [3.63, 3.8) is 0 Å². The number of anilines is 2. The van der Waals surface area contributed by atoms with E-state index in [0.717, 1.165) is 22.8 Å². The molecule has 0 bridgehead atoms. The van der Waals surface area contributed by atoms with E-state index in [1.807, 2.05) is 30.3 Å². The van der Waals surface area contributed by atoms with Crippen molar-refractivity contribution in [2.45, 2.75) is 25.3 Å². The number of methoxy groups -OCH3 is 1. The molecule has 5 heteroatoms. The Morgan fingerprint density at radius 1 is 1.20 bits per heavy atom. The first-order valence-corrected chi connectivity index (χ1v) is 6.80. The van der Waals surface area contributed by atoms with Crippen molar-refractivity contribution < 1.29 is 4.74 Å². The van der Waals surface area contributed by atoms with Gasteiger partial charge in [0.2, 0.25) is 5.95 Å². The van der Waals surface area contributed by atoms with Gasteiger partial charge < -0.3 is 15.8 Å². The van der Waals surface area contributed by atoms with Crippen LogP contribution >= 0.6 is 0 Å². The van der Waals surface area contributed by atoms with Crippen LogP contribution in [0.25, 0.3) is 11.3 Å². The van der Waals surface area contributed by atoms with E-state index in [-0.39, 0.29) is 0 Å². The normalized spacial score (nSPS) is 14.7. The third kappa shape index (κ3) is 2.66. The fraction of sp³-hybridized carbons (Fsp3) is 0.333. The van der Waals surface area contributed by atoms with E-state index in [1.54, 1.807) is 7.11 Å². The van der Waals surface area contributed by atoms with E-state index in [1.165, 1.54) is 19.3 Å². The maximum absolute atomic E-state index is 5.80. The lowest BCUT2D eigenvalue weighted by molar-refractivity contribution is 0.415. The van der Waals surface area contributed by atoms with Gasteiger partial charge in [-0.3, -0.25) is 0 Å². The molecule has 1 aromatic heterocycles. The van der Waals surface area contributed by atoms with E-state index < -0.39 is 0 Å². The summed E-state index contributed by atoms with van der Waals surface area (Å²) in [4.78, 5) is 8.54. The Morgan fingerprint density at radius 3 is 2.55 bits per heavy atom. The Balaban J connectivity index is 1.87. The van der Waals surface area contributed by atoms with Crippen molar-refractivity contribution in [2.75, 3.05) is 18.2 Å². The quantitative estimate of drug-likeness (QED) is 0.893. The molecular formula is C15H18N4O. The molecule has 0 atom stereocenters. The summed E-state index contributed by atoms with van der Waals surface area (Å²) in [6.07, 6.45) is 3.67. The SMILES string of the molecule is COc1ccc(-c2cc(NC3CCC3)nc(N)n2)cc1. The highest BCUT2D eigenvalue weighted by Crippen LogP contribution is 2.26. The predicted octanol–water partition coefficient (Wildman–Crippen LogP) is 2.70. The van der Waals surface area contributed by atoms with Crippen LogP contribution in [-0.4, -0.2) is 23.1 Å². The molecule has 104 valence electrons. The number of hydrogen-bond donors (Lipinski definition) is 2. The molecule has 3 rings (SSSR count). The molecule has 0 aliphatic heterocycles. The molecule has 2 aromatic rings. The molecule has 1 aliphatic carbocycles. The molecule has 0 radical (unpaired) electrons. The van der Waals surface area contributed by atoms with Crippen LogP contribution in [0.4, 0.5) is 11.8 Å². The molecule has 0 spiro atoms. The maximum Gasteiger partial charge on any atom is 0.222 e. The van der Waals surface area contributed by atoms with Crippen molar-refractivity contribution in [3.05, 3.63) is 30.3 Å². The standard InChI is InChI=1S/C15H18N4O/c1-20-12-7-5-10(6-8-12)13-9-14(19-15(16)18-13)17-11-3-2-4-11/h5-9,11H,2-4H2,1H3,(H3,16,17,18,19). The highest BCUT2D eigenvalue weighted by molar-refractivity contribution is 5.64. The molecule has 3 N–H and O–H groups in total. The van der Waals surface area contributed by atoms with Gasteiger partial charge in [-0.25, -0.2) is 4.98 Å². The highest BCUT2D eigenvalue weighted by Gasteiger charge is 2.18. The zero-order chi connectivity index (χ0) is 13.9. The van der Waals surface area contributed by atoms with E-state index in [2.05, 4.69) is 15.3 Å². The van der Waals surface area contributed by atoms with Crippen molar-refractivity contribution in [3.8, 4) is 17.0 Å². The van der Waals surface area contributed by atoms with E-state index in [9.17, 15) is 0 Å². The zero-order valence-electron chi connectivity index (χ0n) is 11.5. The van der Waals surface area contributed by atoms with E-state index in [4.69, 9.17) is 10.5 Å². The first-order chi connectivity index (χ1) is 9.74. The monoisotopic (exact) mass is 270 g/mol. The molecular weight excluding hydrogens is 252 g/mol. The number of nitrogens with one attached hydrogen (secondary N) is 1. The minimum atomic E-state index is 0.292. The number of benzene rings is 1. The van der Waals surface area contributed by atoms with Crippen LogP contribution in [0, 0.1) is 0 Å². The molecule has 1 saturated carbocycles. The smallest absolute Gasteiger partial charge is 0.222 e. The topological polar surface area (TPSA) is 73.1 Å². The predicted molar refractivity (Wildman–Crippen MR) is 79.7 cm³/mol. The average molecular weight is 270 g/mol. The van der Waals surface area contributed by atoms with Gasteiger partial charge in [0.1, 0.15) is 11.6 Å². The van der Waals surface area contributed by atoms with Crippen LogP contribution in [0.15, 0.2) is 30.3 Å². The number of nitrogens with zero attached hydrogens (tertiary/aromatic N) is 2. The van der Waals surface area contributed by atoms with Gasteiger partial charge in [-0.15, -0.1) is 0 Å². The number of nitrogen functional groups attached to an aromatic ring is 1. The van der Waals surface area contributed by atoms with E-state index in [0.29, 0.717) is 12.0 Å². The van der Waals surface area contributed by atoms with Crippen LogP contribution in [0.2, 0.25) is 0 Å². The van der Waals surface area contributed by atoms with Gasteiger partial charge in [0.25, 0.3) is 0 Å². The Bertz CT molecular complexity index is 593. The van der Waals surface area contributed by atoms with Gasteiger partial charge in [-0.1, -0.05) is 0 Å². The molecule has 0 saturated heterocycles. The average Bonchev–Trinajstić information content (AvgIpc) is 2.42. The Labute approximate surface area is 118 Å². The molecule has 20 heavy (non-hydrogen) atoms. The summed E-state index contributed by atoms with van der Waals surface area (Å²) >= 11 is 0. The summed E-state index contributed by atoms with van der Waals surface area (Å²) in [7, 11) is 1.65. The summed E-state index contributed by atoms with van der Waals surface area (Å²) in [5, 5.41) is 3.40. The molecule has 0 amide bonds. The first kappa shape index (κ1) is 12.7. The molecule has 1 aliphatic rings. The van der Waals surface area contributed by atoms with Gasteiger partial charge >= 0.3 is 0 Å². The summed E-state index contributed by atoms with van der Waals surface area (Å²) in [6.45, 7) is 0. The number of nitrogens with two attached hydrogens (primary N) is 1. The fourth-order valence-electron chi connectivity index (χ4n) is 2.21. The minimum Gasteiger partial charge on any atom is -0.497 e. The van der Waals surface area contributed by atoms with Crippen LogP contribution < -0.4 is 15.8 Å². The number of hydrogen-bond acceptors (Lipinski definition) is 5. The lowest BCUT2D eigenvalue weighted by Gasteiger charge is -2.27. The Hall–Kier alpha value is -2.30. The second-order valence-corrected chi connectivity index (χ2v) is 5.00. The molecule has 5 nitrogen and oxygen atoms in total. The minimum absolute atomic E-state index is 0.292. The molecule has 1 heterocycles. The molecule has 1 aromatic carbocycles. The van der Waals surface area contributed by atoms with Gasteiger partial charge in [0.05, 0.1) is 12.8 Å². The van der Waals surface area contributed by atoms with Crippen LogP contribution in [0.5, 0.6) is 5.75 Å².